The molecule has 0 amide bonds. The van der Waals surface area contributed by atoms with Crippen LogP contribution in [0, 0.1) is 5.82 Å². The molecule has 130 valence electrons. The molecule has 0 spiro atoms. The number of nitrogens with one attached hydrogen (secondary N) is 1. The highest BCUT2D eigenvalue weighted by atomic mass is 19.1. The molecule has 3 rings (SSSR count). The van der Waals surface area contributed by atoms with Crippen molar-refractivity contribution in [3.8, 4) is 0 Å². The molecule has 2 aromatic heterocycles. The number of halogens is 1. The number of hydrogen-bond donors (Lipinski definition) is 4. The molecule has 24 heavy (non-hydrogen) atoms. The summed E-state index contributed by atoms with van der Waals surface area (Å²) in [4.78, 5) is 31.1. The quantitative estimate of drug-likeness (QED) is 0.478. The van der Waals surface area contributed by atoms with Crippen molar-refractivity contribution in [1.82, 2.24) is 19.5 Å². The van der Waals surface area contributed by atoms with Gasteiger partial charge in [0.1, 0.15) is 24.6 Å². The van der Waals surface area contributed by atoms with Crippen molar-refractivity contribution in [1.29, 1.82) is 0 Å². The molecule has 1 fully saturated rings. The van der Waals surface area contributed by atoms with Crippen LogP contribution in [0.2, 0.25) is 0 Å². The molecule has 4 atom stereocenters. The van der Waals surface area contributed by atoms with Gasteiger partial charge in [-0.15, -0.1) is 0 Å². The van der Waals surface area contributed by atoms with E-state index in [1.54, 1.807) is 0 Å². The van der Waals surface area contributed by atoms with Crippen LogP contribution < -0.4 is 11.2 Å². The van der Waals surface area contributed by atoms with Gasteiger partial charge in [0.2, 0.25) is 0 Å². The van der Waals surface area contributed by atoms with E-state index in [2.05, 4.69) is 9.97 Å². The second-order valence-corrected chi connectivity index (χ2v) is 4.80. The predicted octanol–water partition coefficient (Wildman–Crippen LogP) is -2.24. The number of H-pyrrole nitrogens is 1. The van der Waals surface area contributed by atoms with Crippen molar-refractivity contribution < 1.29 is 24.4 Å². The van der Waals surface area contributed by atoms with Gasteiger partial charge in [-0.2, -0.15) is 0 Å². The molecular formula is C13H15FN4O6. The Morgan fingerprint density at radius 1 is 1.25 bits per heavy atom. The summed E-state index contributed by atoms with van der Waals surface area (Å²) >= 11 is 0. The first-order chi connectivity index (χ1) is 11.4. The van der Waals surface area contributed by atoms with E-state index in [1.165, 1.54) is 6.33 Å². The standard InChI is InChI=1S/C9H12N2O6.C4H3FN2/c12-3-4-6(14)7(15)8(17-4)11-2-1-5(13)10-9(11)16;5-4-1-6-3-7-2-4/h1-2,4,6-8,12,14-15H,3H2,(H,10,13,16);1-3H/t4-,6-,7-,8-;/m1./s1. The van der Waals surface area contributed by atoms with Crippen LogP contribution in [0.3, 0.4) is 0 Å². The van der Waals surface area contributed by atoms with Crippen LogP contribution in [0.15, 0.2) is 40.6 Å². The van der Waals surface area contributed by atoms with E-state index in [4.69, 9.17) is 9.84 Å². The van der Waals surface area contributed by atoms with Gasteiger partial charge in [0, 0.05) is 12.3 Å². The van der Waals surface area contributed by atoms with Gasteiger partial charge < -0.3 is 20.1 Å². The molecule has 0 radical (unpaired) electrons. The Morgan fingerprint density at radius 3 is 2.38 bits per heavy atom. The first kappa shape index (κ1) is 17.9. The minimum absolute atomic E-state index is 0.400. The molecule has 2 aromatic rings. The molecule has 0 saturated carbocycles. The highest BCUT2D eigenvalue weighted by Crippen LogP contribution is 2.27. The normalized spacial score (nSPS) is 25.8. The van der Waals surface area contributed by atoms with Gasteiger partial charge in [0.15, 0.2) is 12.0 Å². The second kappa shape index (κ2) is 7.88. The molecule has 0 bridgehead atoms. The Balaban J connectivity index is 0.000000249. The number of aromatic nitrogens is 4. The van der Waals surface area contributed by atoms with E-state index in [0.29, 0.717) is 0 Å². The third kappa shape index (κ3) is 4.08. The molecular weight excluding hydrogens is 327 g/mol. The summed E-state index contributed by atoms with van der Waals surface area (Å²) in [5, 5.41) is 28.1. The maximum absolute atomic E-state index is 11.8. The molecule has 1 aliphatic heterocycles. The molecule has 1 aliphatic rings. The lowest BCUT2D eigenvalue weighted by atomic mass is 10.1. The van der Waals surface area contributed by atoms with Crippen molar-refractivity contribution in [3.63, 3.8) is 0 Å². The monoisotopic (exact) mass is 342 g/mol. The second-order valence-electron chi connectivity index (χ2n) is 4.80. The molecule has 11 heteroatoms. The Morgan fingerprint density at radius 2 is 1.92 bits per heavy atom. The summed E-state index contributed by atoms with van der Waals surface area (Å²) in [6.45, 7) is -0.479. The topological polar surface area (TPSA) is 151 Å². The summed E-state index contributed by atoms with van der Waals surface area (Å²) in [6.07, 6.45) is -0.0927. The van der Waals surface area contributed by atoms with Gasteiger partial charge in [-0.25, -0.2) is 19.2 Å². The first-order valence-electron chi connectivity index (χ1n) is 6.78. The van der Waals surface area contributed by atoms with Crippen molar-refractivity contribution >= 4 is 0 Å². The molecule has 0 aliphatic carbocycles. The van der Waals surface area contributed by atoms with Gasteiger partial charge in [-0.3, -0.25) is 14.3 Å². The van der Waals surface area contributed by atoms with Crippen LogP contribution in [-0.4, -0.2) is 59.8 Å². The number of ether oxygens (including phenoxy) is 1. The van der Waals surface area contributed by atoms with Gasteiger partial charge in [0.05, 0.1) is 19.0 Å². The summed E-state index contributed by atoms with van der Waals surface area (Å²) in [5.41, 5.74) is -1.33. The number of aromatic amines is 1. The van der Waals surface area contributed by atoms with Crippen LogP contribution in [0.25, 0.3) is 0 Å². The lowest BCUT2D eigenvalue weighted by Gasteiger charge is -2.16. The fourth-order valence-electron chi connectivity index (χ4n) is 2.02. The largest absolute Gasteiger partial charge is 0.394 e. The zero-order valence-corrected chi connectivity index (χ0v) is 12.2. The third-order valence-electron chi connectivity index (χ3n) is 3.17. The highest BCUT2D eigenvalue weighted by molar-refractivity contribution is 4.92. The number of aliphatic hydroxyl groups is 3. The molecule has 1 saturated heterocycles. The average molecular weight is 342 g/mol. The third-order valence-corrected chi connectivity index (χ3v) is 3.17. The number of nitrogens with zero attached hydrogens (tertiary/aromatic N) is 3. The van der Waals surface area contributed by atoms with Crippen molar-refractivity contribution in [2.75, 3.05) is 6.61 Å². The van der Waals surface area contributed by atoms with Crippen LogP contribution >= 0.6 is 0 Å². The van der Waals surface area contributed by atoms with E-state index in [0.717, 1.165) is 29.2 Å². The lowest BCUT2D eigenvalue weighted by molar-refractivity contribution is -0.0550. The van der Waals surface area contributed by atoms with Crippen LogP contribution in [0.4, 0.5) is 4.39 Å². The SMILES string of the molecule is Fc1cncnc1.O=c1ccn([C@@H]2O[C@H](CO)[C@@H](O)[C@H]2O)c(=O)[nH]1. The van der Waals surface area contributed by atoms with E-state index in [9.17, 15) is 24.2 Å². The van der Waals surface area contributed by atoms with Gasteiger partial charge >= 0.3 is 5.69 Å². The van der Waals surface area contributed by atoms with E-state index in [1.807, 2.05) is 4.98 Å². The Hall–Kier alpha value is -2.47. The van der Waals surface area contributed by atoms with E-state index < -0.39 is 48.2 Å². The van der Waals surface area contributed by atoms with Gasteiger partial charge in [-0.05, 0) is 0 Å². The summed E-state index contributed by atoms with van der Waals surface area (Å²) < 4.78 is 17.9. The van der Waals surface area contributed by atoms with Crippen molar-refractivity contribution in [2.45, 2.75) is 24.5 Å². The number of aliphatic hydroxyl groups excluding tert-OH is 3. The Kier molecular flexibility index (Phi) is 5.87. The lowest BCUT2D eigenvalue weighted by Crippen LogP contribution is -2.37. The number of rotatable bonds is 2. The fraction of sp³-hybridized carbons (Fsp3) is 0.385. The smallest absolute Gasteiger partial charge is 0.330 e. The Bertz CT molecular complexity index is 767. The van der Waals surface area contributed by atoms with Gasteiger partial charge in [0.25, 0.3) is 5.56 Å². The van der Waals surface area contributed by atoms with E-state index in [-0.39, 0.29) is 0 Å². The minimum Gasteiger partial charge on any atom is -0.394 e. The zero-order valence-electron chi connectivity index (χ0n) is 12.2. The fourth-order valence-corrected chi connectivity index (χ4v) is 2.02. The summed E-state index contributed by atoms with van der Waals surface area (Å²) in [6, 6.07) is 1.09. The maximum atomic E-state index is 11.8. The highest BCUT2D eigenvalue weighted by Gasteiger charge is 2.43. The van der Waals surface area contributed by atoms with Crippen LogP contribution in [0.1, 0.15) is 6.23 Å². The molecule has 4 N–H and O–H groups in total. The first-order valence-corrected chi connectivity index (χ1v) is 6.78. The number of hydrogen-bond acceptors (Lipinski definition) is 8. The van der Waals surface area contributed by atoms with Crippen molar-refractivity contribution in [2.24, 2.45) is 0 Å². The predicted molar refractivity (Wildman–Crippen MR) is 76.3 cm³/mol. The van der Waals surface area contributed by atoms with Crippen LogP contribution in [-0.2, 0) is 4.74 Å². The molecule has 10 nitrogen and oxygen atoms in total. The maximum Gasteiger partial charge on any atom is 0.330 e. The molecule has 0 aromatic carbocycles. The summed E-state index contributed by atoms with van der Waals surface area (Å²) in [7, 11) is 0. The zero-order chi connectivity index (χ0) is 17.7. The average Bonchev–Trinajstić information content (AvgIpc) is 2.84. The minimum atomic E-state index is -1.35. The molecule has 0 unspecified atom stereocenters. The summed E-state index contributed by atoms with van der Waals surface area (Å²) in [5.74, 6) is -0.400. The Labute approximate surface area is 133 Å². The van der Waals surface area contributed by atoms with Gasteiger partial charge in [-0.1, -0.05) is 0 Å². The van der Waals surface area contributed by atoms with E-state index >= 15 is 0 Å². The molecule has 3 heterocycles. The van der Waals surface area contributed by atoms with Crippen LogP contribution in [0.5, 0.6) is 0 Å². The van der Waals surface area contributed by atoms with Crippen molar-refractivity contribution in [3.05, 3.63) is 57.6 Å².